The van der Waals surface area contributed by atoms with Crippen LogP contribution >= 0.6 is 23.2 Å². The van der Waals surface area contributed by atoms with Crippen LogP contribution in [0, 0.1) is 12.2 Å². The summed E-state index contributed by atoms with van der Waals surface area (Å²) >= 11 is 13.7. The topological polar surface area (TPSA) is 512 Å². The molecule has 3 aliphatic rings. The quantitative estimate of drug-likeness (QED) is 0.0310. The molecular weight excluding hydrogens is 1350 g/mol. The van der Waals surface area contributed by atoms with Crippen molar-refractivity contribution in [3.8, 4) is 23.0 Å². The molecule has 2 aromatic heterocycles. The van der Waals surface area contributed by atoms with Crippen LogP contribution in [0.3, 0.4) is 0 Å². The van der Waals surface area contributed by atoms with Crippen LogP contribution in [-0.4, -0.2) is 146 Å². The first-order valence-corrected chi connectivity index (χ1v) is 33.5. The second-order valence-corrected chi connectivity index (χ2v) is 27.7. The van der Waals surface area contributed by atoms with Gasteiger partial charge in [-0.3, -0.25) is 27.8 Å². The smallest absolute Gasteiger partial charge is 0.397 e. The molecule has 2 atom stereocenters. The molecule has 0 amide bonds. The first-order chi connectivity index (χ1) is 40.9. The van der Waals surface area contributed by atoms with E-state index in [-0.39, 0.29) is 68.1 Å². The van der Waals surface area contributed by atoms with E-state index in [1.807, 2.05) is 0 Å². The Kier molecular flexibility index (Phi) is 17.7. The van der Waals surface area contributed by atoms with Crippen LogP contribution in [0.25, 0.3) is 22.6 Å². The normalized spacial score (nSPS) is 13.9. The van der Waals surface area contributed by atoms with Crippen molar-refractivity contribution >= 4 is 147 Å². The predicted molar refractivity (Wildman–Crippen MR) is 303 cm³/mol. The second-order valence-electron chi connectivity index (χ2n) is 18.2. The number of hydrogen-bond donors (Lipinski definition) is 11. The largest absolute Gasteiger partial charge is 0.450 e. The highest BCUT2D eigenvalue weighted by atomic mass is 35.5. The molecule has 2 aliphatic heterocycles. The van der Waals surface area contributed by atoms with Crippen LogP contribution < -0.4 is 42.0 Å². The molecule has 34 nitrogen and oxygen atoms in total. The third kappa shape index (κ3) is 14.8. The van der Waals surface area contributed by atoms with Gasteiger partial charge in [-0.25, -0.2) is 17.6 Å². The molecule has 2 unspecified atom stereocenters. The zero-order chi connectivity index (χ0) is 64.2. The van der Waals surface area contributed by atoms with Crippen molar-refractivity contribution in [2.24, 2.45) is 4.99 Å². The maximum absolute atomic E-state index is 14.7. The first-order valence-electron chi connectivity index (χ1n) is 24.0. The van der Waals surface area contributed by atoms with Gasteiger partial charge in [-0.2, -0.15) is 80.8 Å². The minimum Gasteiger partial charge on any atom is -0.450 e. The van der Waals surface area contributed by atoms with Crippen molar-refractivity contribution in [2.75, 3.05) is 57.3 Å². The van der Waals surface area contributed by atoms with Crippen molar-refractivity contribution < 1.29 is 95.4 Å². The van der Waals surface area contributed by atoms with E-state index < -0.39 is 168 Å². The maximum Gasteiger partial charge on any atom is 0.397 e. The Labute approximate surface area is 504 Å². The van der Waals surface area contributed by atoms with Gasteiger partial charge in [-0.05, 0) is 80.6 Å². The lowest BCUT2D eigenvalue weighted by molar-refractivity contribution is 0.284. The minimum absolute atomic E-state index is 0.128. The predicted octanol–water partition coefficient (Wildman–Crippen LogP) is 5.12. The fraction of sp³-hybridized carbons (Fsp3) is 0.182. The van der Waals surface area contributed by atoms with E-state index in [1.165, 1.54) is 37.3 Å². The molecule has 468 valence electrons. The standard InChI is InChI=1S/C44H38Cl2F2N14O20S6/c1-18(51-41-57-39(47)59-43(61-41)53-20-3-5-21(6-4-20)83(63,64)14-13-80-88(77,78)79)16-49-25-10-8-23-33(37(25)86(71,72)73)81-35-29(45)32-36(30(46)31(35)54-23)82-34-24(55-32)9-11-26(38(34)87(74,75)76)50-17-19(2)52-42-58-40(48)60-44(62-42)56-27-15-22(84(65,66)67)7-12-28(27)85(68,69)70/h3-12,15,18-19,49,54H,13-14,16-17H2,1-2H3,(H,65,66,67)(H,68,69,70)(H,71,72,73)(H,74,75,76)(H,77,78,79)(H2,51,53,57,59,61)(H2,52,56,58,60,62). The molecule has 88 heavy (non-hydrogen) atoms. The fourth-order valence-electron chi connectivity index (χ4n) is 8.08. The second kappa shape index (κ2) is 24.2. The van der Waals surface area contributed by atoms with E-state index in [4.69, 9.17) is 36.9 Å². The third-order valence-electron chi connectivity index (χ3n) is 11.8. The Balaban J connectivity index is 0.928. The summed E-state index contributed by atoms with van der Waals surface area (Å²) in [5.41, 5.74) is -2.07. The Morgan fingerprint density at radius 1 is 0.636 bits per heavy atom. The number of nitrogens with one attached hydrogen (secondary N) is 6. The number of rotatable bonds is 22. The van der Waals surface area contributed by atoms with Gasteiger partial charge in [-0.1, -0.05) is 23.2 Å². The Morgan fingerprint density at radius 3 is 1.84 bits per heavy atom. The summed E-state index contributed by atoms with van der Waals surface area (Å²) in [7, 11) is -29.4. The van der Waals surface area contributed by atoms with Gasteiger partial charge in [0.05, 0.1) is 51.1 Å². The molecule has 4 aromatic carbocycles. The number of sulfone groups is 1. The lowest BCUT2D eigenvalue weighted by Gasteiger charge is -2.27. The number of nitrogens with zero attached hydrogens (tertiary/aromatic N) is 8. The number of anilines is 9. The molecule has 0 spiro atoms. The number of aromatic nitrogens is 7. The van der Waals surface area contributed by atoms with Gasteiger partial charge in [0.25, 0.3) is 30.4 Å². The summed E-state index contributed by atoms with van der Waals surface area (Å²) in [5.74, 6) is -4.23. The van der Waals surface area contributed by atoms with Crippen LogP contribution in [0.1, 0.15) is 13.8 Å². The number of benzene rings is 5. The van der Waals surface area contributed by atoms with E-state index in [0.717, 1.165) is 18.2 Å². The Morgan fingerprint density at radius 2 is 1.24 bits per heavy atom. The van der Waals surface area contributed by atoms with Gasteiger partial charge < -0.3 is 41.1 Å². The lowest BCUT2D eigenvalue weighted by Crippen LogP contribution is -2.27. The molecule has 0 radical (unpaired) electrons. The molecule has 0 saturated carbocycles. The Hall–Kier alpha value is -7.98. The number of hydrogen-bond acceptors (Lipinski definition) is 29. The summed E-state index contributed by atoms with van der Waals surface area (Å²) in [6, 6.07) is 9.83. The van der Waals surface area contributed by atoms with Crippen molar-refractivity contribution in [2.45, 2.75) is 50.4 Å². The fourth-order valence-corrected chi connectivity index (χ4v) is 12.8. The van der Waals surface area contributed by atoms with Crippen LogP contribution in [-0.2, 0) is 64.9 Å². The van der Waals surface area contributed by atoms with E-state index in [2.05, 4.69) is 76.0 Å². The first kappa shape index (κ1) is 64.5. The monoisotopic (exact) mass is 1380 g/mol. The molecule has 9 rings (SSSR count). The summed E-state index contributed by atoms with van der Waals surface area (Å²) in [5, 5.41) is 14.8. The summed E-state index contributed by atoms with van der Waals surface area (Å²) in [6.45, 7) is 1.54. The lowest BCUT2D eigenvalue weighted by atomic mass is 10.1. The van der Waals surface area contributed by atoms with E-state index in [9.17, 15) is 77.5 Å². The van der Waals surface area contributed by atoms with Crippen LogP contribution in [0.15, 0.2) is 101 Å². The molecule has 4 heterocycles. The highest BCUT2D eigenvalue weighted by Crippen LogP contribution is 2.55. The number of ether oxygens (including phenoxy) is 1. The number of halogens is 4. The zero-order valence-electron chi connectivity index (χ0n) is 43.7. The van der Waals surface area contributed by atoms with Crippen molar-refractivity contribution in [1.29, 1.82) is 0 Å². The zero-order valence-corrected chi connectivity index (χ0v) is 50.1. The van der Waals surface area contributed by atoms with Crippen LogP contribution in [0.4, 0.5) is 61.0 Å². The van der Waals surface area contributed by atoms with E-state index in [0.29, 0.717) is 18.2 Å². The summed E-state index contributed by atoms with van der Waals surface area (Å²) < 4.78 is 241. The van der Waals surface area contributed by atoms with Crippen molar-refractivity contribution in [3.05, 3.63) is 94.3 Å². The molecule has 11 N–H and O–H groups in total. The molecule has 0 fully saturated rings. The van der Waals surface area contributed by atoms with E-state index in [1.54, 1.807) is 6.92 Å². The highest BCUT2D eigenvalue weighted by molar-refractivity contribution is 7.91. The van der Waals surface area contributed by atoms with Crippen LogP contribution in [0.5, 0.6) is 11.5 Å². The molecule has 0 saturated heterocycles. The van der Waals surface area contributed by atoms with Gasteiger partial charge in [0.15, 0.2) is 42.5 Å². The molecule has 44 heteroatoms. The number of fused-ring (bicyclic) bond motifs is 4. The average molecular weight is 1380 g/mol. The Bertz CT molecular complexity index is 4930. The SMILES string of the molecule is CC(CNc1ccc2c(c1S(=O)(=O)O)Oc1c(c(Cl)c3oc4c(S(=O)(=O)O)c(=NCC(C)Nc5nc(F)nc(Nc6cc(S(=O)(=O)O)ccc6S(=O)(=O)O)n5)ccc-4nc3c1Cl)N2)Nc1nc(F)nc(Nc2ccc(S(=O)(=O)CCOS(=O)(=O)O)cc2)n1. The molecule has 1 aliphatic carbocycles. The molecular formula is C44H38Cl2F2N14O20S6. The third-order valence-corrected chi connectivity index (χ3v) is 18.3. The van der Waals surface area contributed by atoms with Gasteiger partial charge in [0, 0.05) is 24.3 Å². The van der Waals surface area contributed by atoms with Crippen LogP contribution in [0.2, 0.25) is 10.0 Å². The minimum atomic E-state index is -5.27. The van der Waals surface area contributed by atoms with Gasteiger partial charge >= 0.3 is 32.7 Å². The summed E-state index contributed by atoms with van der Waals surface area (Å²) in [4.78, 5) is 27.0. The highest BCUT2D eigenvalue weighted by Gasteiger charge is 2.35. The van der Waals surface area contributed by atoms with Gasteiger partial charge in [0.1, 0.15) is 31.8 Å². The summed E-state index contributed by atoms with van der Waals surface area (Å²) in [6.07, 6.45) is -2.72. The van der Waals surface area contributed by atoms with Gasteiger partial charge in [-0.15, -0.1) is 0 Å². The van der Waals surface area contributed by atoms with Crippen molar-refractivity contribution in [3.63, 3.8) is 0 Å². The molecule has 6 aromatic rings. The average Bonchev–Trinajstić information content (AvgIpc) is 1.12. The van der Waals surface area contributed by atoms with E-state index >= 15 is 0 Å². The van der Waals surface area contributed by atoms with Crippen molar-refractivity contribution in [1.82, 2.24) is 34.9 Å². The van der Waals surface area contributed by atoms with Gasteiger partial charge in [0.2, 0.25) is 23.8 Å². The maximum atomic E-state index is 14.7. The molecule has 0 bridgehead atoms.